The van der Waals surface area contributed by atoms with Gasteiger partial charge in [0.2, 0.25) is 0 Å². The number of aliphatic hydroxyl groups excluding tert-OH is 2. The Labute approximate surface area is 133 Å². The molecule has 0 saturated carbocycles. The number of β-amino-alcohol motifs (C(OH)–C–C–N with tert-alkyl or cyclic N) is 1. The van der Waals surface area contributed by atoms with Crippen LogP contribution < -0.4 is 4.74 Å². The second-order valence-electron chi connectivity index (χ2n) is 6.45. The molecule has 1 fully saturated rings. The van der Waals surface area contributed by atoms with Crippen LogP contribution in [0, 0.1) is 13.8 Å². The van der Waals surface area contributed by atoms with Crippen LogP contribution >= 0.6 is 0 Å². The van der Waals surface area contributed by atoms with E-state index in [0.717, 1.165) is 25.1 Å². The molecule has 1 aromatic carbocycles. The van der Waals surface area contributed by atoms with Gasteiger partial charge in [0, 0.05) is 19.2 Å². The van der Waals surface area contributed by atoms with Crippen molar-refractivity contribution in [3.63, 3.8) is 0 Å². The third-order valence-electron chi connectivity index (χ3n) is 4.28. The lowest BCUT2D eigenvalue weighted by atomic mass is 10.1. The van der Waals surface area contributed by atoms with Crippen molar-refractivity contribution in [3.8, 4) is 5.75 Å². The average molecular weight is 307 g/mol. The van der Waals surface area contributed by atoms with Crippen molar-refractivity contribution in [2.75, 3.05) is 26.3 Å². The molecule has 124 valence electrons. The molecule has 0 bridgehead atoms. The molecular weight excluding hydrogens is 278 g/mol. The Hall–Kier alpha value is -1.10. The summed E-state index contributed by atoms with van der Waals surface area (Å²) < 4.78 is 5.74. The van der Waals surface area contributed by atoms with E-state index in [-0.39, 0.29) is 6.61 Å². The fourth-order valence-corrected chi connectivity index (χ4v) is 3.32. The standard InChI is InChI=1S/C18H29NO3/c1-14-9-15(2)11-18(10-14)22-13-17(21)12-19-7-3-5-16(19)6-4-8-20/h9-11,16-17,20-21H,3-8,12-13H2,1-2H3. The number of aryl methyl sites for hydroxylation is 2. The van der Waals surface area contributed by atoms with Crippen LogP contribution in [0.1, 0.15) is 36.8 Å². The summed E-state index contributed by atoms with van der Waals surface area (Å²) in [7, 11) is 0. The van der Waals surface area contributed by atoms with Crippen LogP contribution in [0.3, 0.4) is 0 Å². The van der Waals surface area contributed by atoms with Crippen LogP contribution in [0.5, 0.6) is 5.75 Å². The molecule has 4 nitrogen and oxygen atoms in total. The highest BCUT2D eigenvalue weighted by Gasteiger charge is 2.25. The number of hydrogen-bond donors (Lipinski definition) is 2. The lowest BCUT2D eigenvalue weighted by molar-refractivity contribution is 0.0617. The summed E-state index contributed by atoms with van der Waals surface area (Å²) in [5.41, 5.74) is 2.35. The molecule has 1 heterocycles. The Morgan fingerprint density at radius 3 is 2.68 bits per heavy atom. The highest BCUT2D eigenvalue weighted by atomic mass is 16.5. The first-order valence-electron chi connectivity index (χ1n) is 8.32. The molecule has 2 unspecified atom stereocenters. The van der Waals surface area contributed by atoms with E-state index in [1.54, 1.807) is 0 Å². The molecule has 2 rings (SSSR count). The summed E-state index contributed by atoms with van der Waals surface area (Å²) in [6.45, 7) is 6.37. The number of rotatable bonds is 8. The van der Waals surface area contributed by atoms with Crippen LogP contribution in [0.4, 0.5) is 0 Å². The second-order valence-corrected chi connectivity index (χ2v) is 6.45. The lowest BCUT2D eigenvalue weighted by Gasteiger charge is -2.26. The van der Waals surface area contributed by atoms with Gasteiger partial charge in [-0.05, 0) is 69.3 Å². The summed E-state index contributed by atoms with van der Waals surface area (Å²) in [5.74, 6) is 0.829. The van der Waals surface area contributed by atoms with Gasteiger partial charge in [0.15, 0.2) is 0 Å². The summed E-state index contributed by atoms with van der Waals surface area (Å²) in [6, 6.07) is 6.61. The minimum atomic E-state index is -0.476. The normalized spacial score (nSPS) is 20.3. The lowest BCUT2D eigenvalue weighted by Crippen LogP contribution is -2.38. The minimum Gasteiger partial charge on any atom is -0.491 e. The van der Waals surface area contributed by atoms with Gasteiger partial charge in [0.05, 0.1) is 0 Å². The molecule has 1 aromatic rings. The summed E-state index contributed by atoms with van der Waals surface area (Å²) in [4.78, 5) is 2.34. The van der Waals surface area contributed by atoms with E-state index in [1.807, 2.05) is 26.0 Å². The van der Waals surface area contributed by atoms with E-state index in [2.05, 4.69) is 11.0 Å². The van der Waals surface area contributed by atoms with E-state index < -0.39 is 6.10 Å². The predicted octanol–water partition coefficient (Wildman–Crippen LogP) is 2.28. The van der Waals surface area contributed by atoms with E-state index in [9.17, 15) is 5.11 Å². The van der Waals surface area contributed by atoms with Crippen LogP contribution in [-0.4, -0.2) is 53.6 Å². The average Bonchev–Trinajstić information content (AvgIpc) is 2.89. The summed E-state index contributed by atoms with van der Waals surface area (Å²) >= 11 is 0. The van der Waals surface area contributed by atoms with Crippen molar-refractivity contribution in [2.45, 2.75) is 51.7 Å². The SMILES string of the molecule is Cc1cc(C)cc(OCC(O)CN2CCCC2CCCO)c1. The van der Waals surface area contributed by atoms with Gasteiger partial charge in [-0.25, -0.2) is 0 Å². The number of aliphatic hydroxyl groups is 2. The molecule has 1 aliphatic heterocycles. The number of likely N-dealkylation sites (tertiary alicyclic amines) is 1. The van der Waals surface area contributed by atoms with Crippen LogP contribution in [0.2, 0.25) is 0 Å². The predicted molar refractivity (Wildman–Crippen MR) is 88.3 cm³/mol. The van der Waals surface area contributed by atoms with Gasteiger partial charge in [0.1, 0.15) is 18.5 Å². The molecule has 2 atom stereocenters. The highest BCUT2D eigenvalue weighted by Crippen LogP contribution is 2.22. The Balaban J connectivity index is 1.78. The van der Waals surface area contributed by atoms with Crippen molar-refractivity contribution >= 4 is 0 Å². The molecular formula is C18H29NO3. The highest BCUT2D eigenvalue weighted by molar-refractivity contribution is 5.32. The first-order chi connectivity index (χ1) is 10.6. The monoisotopic (exact) mass is 307 g/mol. The van der Waals surface area contributed by atoms with Gasteiger partial charge in [-0.3, -0.25) is 4.90 Å². The van der Waals surface area contributed by atoms with Crippen LogP contribution in [-0.2, 0) is 0 Å². The molecule has 0 aromatic heterocycles. The number of nitrogens with zero attached hydrogens (tertiary/aromatic N) is 1. The molecule has 1 aliphatic rings. The molecule has 0 spiro atoms. The van der Waals surface area contributed by atoms with Gasteiger partial charge in [-0.1, -0.05) is 6.07 Å². The maximum atomic E-state index is 10.2. The largest absolute Gasteiger partial charge is 0.491 e. The van der Waals surface area contributed by atoms with E-state index in [0.29, 0.717) is 19.2 Å². The topological polar surface area (TPSA) is 52.9 Å². The molecule has 2 N–H and O–H groups in total. The zero-order valence-electron chi connectivity index (χ0n) is 13.8. The third kappa shape index (κ3) is 5.27. The maximum Gasteiger partial charge on any atom is 0.119 e. The van der Waals surface area contributed by atoms with Gasteiger partial charge in [-0.2, -0.15) is 0 Å². The smallest absolute Gasteiger partial charge is 0.119 e. The molecule has 1 saturated heterocycles. The number of ether oxygens (including phenoxy) is 1. The van der Waals surface area contributed by atoms with Gasteiger partial charge in [-0.15, -0.1) is 0 Å². The summed E-state index contributed by atoms with van der Waals surface area (Å²) in [5, 5.41) is 19.2. The fourth-order valence-electron chi connectivity index (χ4n) is 3.32. The third-order valence-corrected chi connectivity index (χ3v) is 4.28. The Morgan fingerprint density at radius 1 is 1.27 bits per heavy atom. The van der Waals surface area contributed by atoms with Gasteiger partial charge in [0.25, 0.3) is 0 Å². The van der Waals surface area contributed by atoms with Crippen molar-refractivity contribution in [3.05, 3.63) is 29.3 Å². The minimum absolute atomic E-state index is 0.253. The van der Waals surface area contributed by atoms with Crippen molar-refractivity contribution in [1.82, 2.24) is 4.90 Å². The zero-order chi connectivity index (χ0) is 15.9. The molecule has 22 heavy (non-hydrogen) atoms. The number of hydrogen-bond acceptors (Lipinski definition) is 4. The Bertz CT molecular complexity index is 443. The van der Waals surface area contributed by atoms with Gasteiger partial charge >= 0.3 is 0 Å². The van der Waals surface area contributed by atoms with E-state index in [1.165, 1.54) is 24.0 Å². The van der Waals surface area contributed by atoms with Crippen molar-refractivity contribution < 1.29 is 14.9 Å². The van der Waals surface area contributed by atoms with Gasteiger partial charge < -0.3 is 14.9 Å². The van der Waals surface area contributed by atoms with E-state index >= 15 is 0 Å². The first-order valence-corrected chi connectivity index (χ1v) is 8.32. The molecule has 4 heteroatoms. The van der Waals surface area contributed by atoms with Crippen LogP contribution in [0.15, 0.2) is 18.2 Å². The quantitative estimate of drug-likeness (QED) is 0.774. The summed E-state index contributed by atoms with van der Waals surface area (Å²) in [6.07, 6.45) is 3.73. The van der Waals surface area contributed by atoms with E-state index in [4.69, 9.17) is 9.84 Å². The molecule has 0 amide bonds. The maximum absolute atomic E-state index is 10.2. The van der Waals surface area contributed by atoms with Crippen molar-refractivity contribution in [2.24, 2.45) is 0 Å². The van der Waals surface area contributed by atoms with Crippen molar-refractivity contribution in [1.29, 1.82) is 0 Å². The molecule has 0 aliphatic carbocycles. The number of benzene rings is 1. The Kier molecular flexibility index (Phi) is 6.68. The second kappa shape index (κ2) is 8.51. The fraction of sp³-hybridized carbons (Fsp3) is 0.667. The zero-order valence-corrected chi connectivity index (χ0v) is 13.8. The Morgan fingerprint density at radius 2 is 2.00 bits per heavy atom. The first kappa shape index (κ1) is 17.3. The molecule has 0 radical (unpaired) electrons. The van der Waals surface area contributed by atoms with Crippen LogP contribution in [0.25, 0.3) is 0 Å².